The Hall–Kier alpha value is -3.92. The first-order valence-electron chi connectivity index (χ1n) is 10.7. The van der Waals surface area contributed by atoms with Crippen LogP contribution in [-0.2, 0) is 28.0 Å². The molecule has 0 fully saturated rings. The first-order valence-corrected chi connectivity index (χ1v) is 10.7. The highest BCUT2D eigenvalue weighted by molar-refractivity contribution is 6.10. The number of carboxylic acid groups (broad SMARTS) is 1. The first kappa shape index (κ1) is 20.0. The molecule has 1 aliphatic heterocycles. The molecule has 32 heavy (non-hydrogen) atoms. The van der Waals surface area contributed by atoms with E-state index in [9.17, 15) is 14.7 Å². The van der Waals surface area contributed by atoms with Gasteiger partial charge < -0.3 is 10.0 Å². The summed E-state index contributed by atoms with van der Waals surface area (Å²) < 4.78 is 0. The van der Waals surface area contributed by atoms with Gasteiger partial charge in [0.1, 0.15) is 0 Å². The van der Waals surface area contributed by atoms with Crippen LogP contribution in [0, 0.1) is 0 Å². The number of anilines is 1. The molecule has 5 rings (SSSR count). The van der Waals surface area contributed by atoms with Gasteiger partial charge in [-0.1, -0.05) is 91.0 Å². The van der Waals surface area contributed by atoms with E-state index in [2.05, 4.69) is 0 Å². The van der Waals surface area contributed by atoms with Gasteiger partial charge >= 0.3 is 5.97 Å². The van der Waals surface area contributed by atoms with Crippen molar-refractivity contribution in [3.8, 4) is 0 Å². The number of para-hydroxylation sites is 1. The average Bonchev–Trinajstić information content (AvgIpc) is 3.02. The minimum absolute atomic E-state index is 0.155. The van der Waals surface area contributed by atoms with Crippen molar-refractivity contribution in [1.82, 2.24) is 0 Å². The molecule has 1 unspecified atom stereocenters. The van der Waals surface area contributed by atoms with Crippen LogP contribution in [0.3, 0.4) is 0 Å². The Balaban J connectivity index is 1.65. The molecule has 0 radical (unpaired) electrons. The van der Waals surface area contributed by atoms with Crippen LogP contribution in [0.5, 0.6) is 0 Å². The number of rotatable bonds is 6. The molecule has 1 atom stereocenters. The van der Waals surface area contributed by atoms with E-state index in [1.165, 1.54) is 0 Å². The highest BCUT2D eigenvalue weighted by atomic mass is 16.4. The van der Waals surface area contributed by atoms with Gasteiger partial charge in [0, 0.05) is 5.69 Å². The van der Waals surface area contributed by atoms with Gasteiger partial charge in [0.15, 0.2) is 0 Å². The second-order valence-electron chi connectivity index (χ2n) is 8.36. The van der Waals surface area contributed by atoms with E-state index in [1.54, 1.807) is 4.90 Å². The highest BCUT2D eigenvalue weighted by Gasteiger charge is 2.52. The summed E-state index contributed by atoms with van der Waals surface area (Å²) >= 11 is 0. The van der Waals surface area contributed by atoms with Crippen LogP contribution in [0.1, 0.15) is 23.1 Å². The molecule has 4 aromatic rings. The molecule has 0 aliphatic carbocycles. The van der Waals surface area contributed by atoms with E-state index in [0.717, 1.165) is 33.2 Å². The molecule has 158 valence electrons. The quantitative estimate of drug-likeness (QED) is 0.457. The summed E-state index contributed by atoms with van der Waals surface area (Å²) in [6, 6.07) is 31.5. The lowest BCUT2D eigenvalue weighted by molar-refractivity contribution is -0.141. The van der Waals surface area contributed by atoms with Gasteiger partial charge in [-0.05, 0) is 39.9 Å². The molecule has 1 N–H and O–H groups in total. The number of carbonyl (C=O) groups is 2. The lowest BCUT2D eigenvalue weighted by Crippen LogP contribution is -2.43. The van der Waals surface area contributed by atoms with Crippen molar-refractivity contribution in [3.63, 3.8) is 0 Å². The smallest absolute Gasteiger partial charge is 0.304 e. The lowest BCUT2D eigenvalue weighted by Gasteiger charge is -2.28. The van der Waals surface area contributed by atoms with Crippen LogP contribution in [-0.4, -0.2) is 17.0 Å². The number of carbonyl (C=O) groups excluding carboxylic acids is 1. The van der Waals surface area contributed by atoms with Crippen LogP contribution in [0.4, 0.5) is 5.69 Å². The fraction of sp³-hybridized carbons (Fsp3) is 0.143. The van der Waals surface area contributed by atoms with Gasteiger partial charge in [-0.2, -0.15) is 0 Å². The number of aliphatic carboxylic acids is 1. The van der Waals surface area contributed by atoms with Crippen molar-refractivity contribution in [1.29, 1.82) is 0 Å². The molecular weight excluding hydrogens is 398 g/mol. The number of hydrogen-bond donors (Lipinski definition) is 1. The van der Waals surface area contributed by atoms with Gasteiger partial charge in [0.2, 0.25) is 5.91 Å². The van der Waals surface area contributed by atoms with Crippen molar-refractivity contribution >= 4 is 28.3 Å². The van der Waals surface area contributed by atoms with E-state index in [0.29, 0.717) is 13.0 Å². The van der Waals surface area contributed by atoms with E-state index < -0.39 is 11.4 Å². The summed E-state index contributed by atoms with van der Waals surface area (Å²) in [6.45, 7) is 0.410. The molecule has 0 aromatic heterocycles. The molecule has 0 saturated carbocycles. The largest absolute Gasteiger partial charge is 0.481 e. The van der Waals surface area contributed by atoms with Crippen molar-refractivity contribution in [2.45, 2.75) is 24.8 Å². The standard InChI is InChI=1S/C28H23NO3/c30-26(31)18-28(17-22-13-8-12-21-11-4-5-14-23(21)22)24-15-6-7-16-25(24)29(27(28)32)19-20-9-2-1-3-10-20/h1-16H,17-19H2,(H,30,31). The maximum absolute atomic E-state index is 14.0. The second-order valence-corrected chi connectivity index (χ2v) is 8.36. The Bertz CT molecular complexity index is 1310. The molecule has 4 nitrogen and oxygen atoms in total. The van der Waals surface area contributed by atoms with Gasteiger partial charge in [-0.25, -0.2) is 0 Å². The fourth-order valence-electron chi connectivity index (χ4n) is 4.95. The van der Waals surface area contributed by atoms with Crippen molar-refractivity contribution in [2.75, 3.05) is 4.90 Å². The normalized spacial score (nSPS) is 17.5. The minimum atomic E-state index is -1.15. The summed E-state index contributed by atoms with van der Waals surface area (Å²) in [6.07, 6.45) is 0.0825. The third kappa shape index (κ3) is 3.34. The molecular formula is C28H23NO3. The van der Waals surface area contributed by atoms with E-state index in [4.69, 9.17) is 0 Å². The van der Waals surface area contributed by atoms with Crippen LogP contribution < -0.4 is 4.90 Å². The van der Waals surface area contributed by atoms with Crippen LogP contribution in [0.15, 0.2) is 97.1 Å². The number of nitrogens with zero attached hydrogens (tertiary/aromatic N) is 1. The minimum Gasteiger partial charge on any atom is -0.481 e. The number of carboxylic acids is 1. The second kappa shape index (κ2) is 7.97. The first-order chi connectivity index (χ1) is 15.6. The maximum Gasteiger partial charge on any atom is 0.304 e. The lowest BCUT2D eigenvalue weighted by atomic mass is 9.73. The Morgan fingerprint density at radius 3 is 2.31 bits per heavy atom. The summed E-state index contributed by atoms with van der Waals surface area (Å²) in [4.78, 5) is 27.8. The summed E-state index contributed by atoms with van der Waals surface area (Å²) in [5.41, 5.74) is 2.42. The summed E-state index contributed by atoms with van der Waals surface area (Å²) in [5, 5.41) is 12.0. The summed E-state index contributed by atoms with van der Waals surface area (Å²) in [5.74, 6) is -1.13. The van der Waals surface area contributed by atoms with Gasteiger partial charge in [-0.15, -0.1) is 0 Å². The monoisotopic (exact) mass is 421 g/mol. The number of hydrogen-bond acceptors (Lipinski definition) is 2. The highest BCUT2D eigenvalue weighted by Crippen LogP contribution is 2.47. The van der Waals surface area contributed by atoms with E-state index in [-0.39, 0.29) is 12.3 Å². The van der Waals surface area contributed by atoms with Crippen LogP contribution >= 0.6 is 0 Å². The van der Waals surface area contributed by atoms with Crippen molar-refractivity contribution < 1.29 is 14.7 Å². The van der Waals surface area contributed by atoms with Gasteiger partial charge in [-0.3, -0.25) is 9.59 Å². The fourth-order valence-corrected chi connectivity index (χ4v) is 4.95. The zero-order valence-electron chi connectivity index (χ0n) is 17.6. The molecule has 1 amide bonds. The van der Waals surface area contributed by atoms with Gasteiger partial charge in [0.05, 0.1) is 18.4 Å². The van der Waals surface area contributed by atoms with Crippen molar-refractivity contribution in [2.24, 2.45) is 0 Å². The summed E-state index contributed by atoms with van der Waals surface area (Å²) in [7, 11) is 0. The average molecular weight is 421 g/mol. The Morgan fingerprint density at radius 2 is 1.50 bits per heavy atom. The predicted octanol–water partition coefficient (Wildman–Crippen LogP) is 5.34. The molecule has 1 heterocycles. The third-order valence-electron chi connectivity index (χ3n) is 6.37. The van der Waals surface area contributed by atoms with Crippen LogP contribution in [0.2, 0.25) is 0 Å². The third-order valence-corrected chi connectivity index (χ3v) is 6.37. The SMILES string of the molecule is O=C(O)CC1(Cc2cccc3ccccc23)C(=O)N(Cc2ccccc2)c2ccccc21. The Kier molecular flexibility index (Phi) is 4.98. The zero-order valence-corrected chi connectivity index (χ0v) is 17.6. The molecule has 4 aromatic carbocycles. The Morgan fingerprint density at radius 1 is 0.812 bits per heavy atom. The van der Waals surface area contributed by atoms with Gasteiger partial charge in [0.25, 0.3) is 0 Å². The topological polar surface area (TPSA) is 57.6 Å². The number of benzene rings is 4. The maximum atomic E-state index is 14.0. The predicted molar refractivity (Wildman–Crippen MR) is 126 cm³/mol. The number of amides is 1. The molecule has 0 saturated heterocycles. The molecule has 1 aliphatic rings. The zero-order chi connectivity index (χ0) is 22.1. The van der Waals surface area contributed by atoms with E-state index >= 15 is 0 Å². The van der Waals surface area contributed by atoms with E-state index in [1.807, 2.05) is 97.1 Å². The Labute approximate surface area is 186 Å². The van der Waals surface area contributed by atoms with Crippen LogP contribution in [0.25, 0.3) is 10.8 Å². The number of fused-ring (bicyclic) bond motifs is 2. The molecule has 4 heteroatoms. The van der Waals surface area contributed by atoms with Crippen molar-refractivity contribution in [3.05, 3.63) is 114 Å². The molecule has 0 bridgehead atoms. The molecule has 0 spiro atoms.